The van der Waals surface area contributed by atoms with Crippen molar-refractivity contribution >= 4 is 5.78 Å². The van der Waals surface area contributed by atoms with Crippen LogP contribution in [0.25, 0.3) is 0 Å². The second-order valence-electron chi connectivity index (χ2n) is 3.76. The summed E-state index contributed by atoms with van der Waals surface area (Å²) < 4.78 is 10.2. The Morgan fingerprint density at radius 1 is 1.18 bits per heavy atom. The predicted molar refractivity (Wildman–Crippen MR) is 69.9 cm³/mol. The standard InChI is InChI=1S/C11H14O3.C3H8/c1-8(12)6-9-7-10(13-2)4-5-11(9)14-3;1-3-2/h4-5,7H,6H2,1-3H3;3H2,1-2H3. The Balaban J connectivity index is 0.000000770. The van der Waals surface area contributed by atoms with Crippen LogP contribution in [-0.4, -0.2) is 20.0 Å². The highest BCUT2D eigenvalue weighted by molar-refractivity contribution is 5.79. The van der Waals surface area contributed by atoms with E-state index in [1.165, 1.54) is 6.42 Å². The third-order valence-electron chi connectivity index (χ3n) is 1.93. The van der Waals surface area contributed by atoms with Gasteiger partial charge in [-0.25, -0.2) is 0 Å². The van der Waals surface area contributed by atoms with Crippen LogP contribution in [0.4, 0.5) is 0 Å². The molecule has 96 valence electrons. The monoisotopic (exact) mass is 238 g/mol. The quantitative estimate of drug-likeness (QED) is 0.807. The van der Waals surface area contributed by atoms with Gasteiger partial charge in [-0.3, -0.25) is 4.79 Å². The van der Waals surface area contributed by atoms with Gasteiger partial charge < -0.3 is 9.47 Å². The van der Waals surface area contributed by atoms with Gasteiger partial charge in [0.25, 0.3) is 0 Å². The molecule has 0 fully saturated rings. The van der Waals surface area contributed by atoms with Gasteiger partial charge in [-0.1, -0.05) is 20.3 Å². The van der Waals surface area contributed by atoms with Crippen molar-refractivity contribution in [3.8, 4) is 11.5 Å². The third kappa shape index (κ3) is 5.95. The number of Topliss-reactive ketones (excluding diaryl/α,β-unsaturated/α-hetero) is 1. The number of ketones is 1. The number of ether oxygens (including phenoxy) is 2. The molecule has 0 spiro atoms. The Bertz CT molecular complexity index is 345. The molecule has 1 aromatic rings. The second-order valence-corrected chi connectivity index (χ2v) is 3.76. The molecule has 0 aliphatic carbocycles. The molecule has 0 saturated carbocycles. The predicted octanol–water partition coefficient (Wildman–Crippen LogP) is 3.25. The second kappa shape index (κ2) is 8.62. The van der Waals surface area contributed by atoms with Crippen molar-refractivity contribution in [1.82, 2.24) is 0 Å². The van der Waals surface area contributed by atoms with Gasteiger partial charge in [0.2, 0.25) is 0 Å². The smallest absolute Gasteiger partial charge is 0.134 e. The van der Waals surface area contributed by atoms with E-state index in [2.05, 4.69) is 13.8 Å². The Morgan fingerprint density at radius 2 is 1.76 bits per heavy atom. The molecule has 0 saturated heterocycles. The summed E-state index contributed by atoms with van der Waals surface area (Å²) in [5.74, 6) is 1.57. The molecule has 0 bridgehead atoms. The molecule has 3 nitrogen and oxygen atoms in total. The third-order valence-corrected chi connectivity index (χ3v) is 1.93. The number of benzene rings is 1. The molecular weight excluding hydrogens is 216 g/mol. The molecule has 0 aliphatic heterocycles. The first kappa shape index (κ1) is 15.5. The van der Waals surface area contributed by atoms with Crippen molar-refractivity contribution in [3.05, 3.63) is 23.8 Å². The molecule has 0 amide bonds. The van der Waals surface area contributed by atoms with Crippen LogP contribution in [-0.2, 0) is 11.2 Å². The van der Waals surface area contributed by atoms with Crippen LogP contribution >= 0.6 is 0 Å². The number of rotatable bonds is 4. The SMILES string of the molecule is CCC.COc1ccc(OC)c(CC(C)=O)c1. The summed E-state index contributed by atoms with van der Waals surface area (Å²) in [5, 5.41) is 0. The molecule has 0 atom stereocenters. The molecule has 3 heteroatoms. The minimum absolute atomic E-state index is 0.108. The lowest BCUT2D eigenvalue weighted by atomic mass is 10.1. The highest BCUT2D eigenvalue weighted by Crippen LogP contribution is 2.24. The number of methoxy groups -OCH3 is 2. The van der Waals surface area contributed by atoms with E-state index < -0.39 is 0 Å². The topological polar surface area (TPSA) is 35.5 Å². The van der Waals surface area contributed by atoms with Gasteiger partial charge in [0, 0.05) is 12.0 Å². The number of hydrogen-bond acceptors (Lipinski definition) is 3. The summed E-state index contributed by atoms with van der Waals surface area (Å²) in [6.07, 6.45) is 1.63. The Hall–Kier alpha value is -1.51. The Labute approximate surface area is 104 Å². The molecular formula is C14H22O3. The zero-order chi connectivity index (χ0) is 13.3. The van der Waals surface area contributed by atoms with Crippen LogP contribution in [0.2, 0.25) is 0 Å². The van der Waals surface area contributed by atoms with Crippen molar-refractivity contribution in [2.24, 2.45) is 0 Å². The van der Waals surface area contributed by atoms with E-state index in [1.54, 1.807) is 27.2 Å². The van der Waals surface area contributed by atoms with Gasteiger partial charge in [-0.05, 0) is 25.1 Å². The van der Waals surface area contributed by atoms with Gasteiger partial charge in [0.1, 0.15) is 17.3 Å². The van der Waals surface area contributed by atoms with Crippen LogP contribution < -0.4 is 9.47 Å². The lowest BCUT2D eigenvalue weighted by Crippen LogP contribution is -2.00. The largest absolute Gasteiger partial charge is 0.497 e. The van der Waals surface area contributed by atoms with E-state index in [1.807, 2.05) is 12.1 Å². The van der Waals surface area contributed by atoms with Crippen LogP contribution in [0.15, 0.2) is 18.2 Å². The molecule has 0 aromatic heterocycles. The van der Waals surface area contributed by atoms with E-state index in [-0.39, 0.29) is 5.78 Å². The van der Waals surface area contributed by atoms with E-state index in [0.717, 1.165) is 17.1 Å². The van der Waals surface area contributed by atoms with E-state index >= 15 is 0 Å². The maximum Gasteiger partial charge on any atom is 0.134 e. The first-order valence-corrected chi connectivity index (χ1v) is 5.79. The van der Waals surface area contributed by atoms with E-state index in [9.17, 15) is 4.79 Å². The minimum Gasteiger partial charge on any atom is -0.497 e. The van der Waals surface area contributed by atoms with Gasteiger partial charge in [0.15, 0.2) is 0 Å². The summed E-state index contributed by atoms with van der Waals surface area (Å²) in [7, 11) is 3.19. The highest BCUT2D eigenvalue weighted by Gasteiger charge is 2.06. The average Bonchev–Trinajstić information content (AvgIpc) is 2.29. The van der Waals surface area contributed by atoms with Crippen LogP contribution in [0.1, 0.15) is 32.8 Å². The van der Waals surface area contributed by atoms with Crippen LogP contribution in [0.3, 0.4) is 0 Å². The van der Waals surface area contributed by atoms with E-state index in [4.69, 9.17) is 9.47 Å². The van der Waals surface area contributed by atoms with Crippen molar-refractivity contribution in [3.63, 3.8) is 0 Å². The van der Waals surface area contributed by atoms with Gasteiger partial charge in [0.05, 0.1) is 14.2 Å². The Morgan fingerprint density at radius 3 is 2.18 bits per heavy atom. The first-order valence-electron chi connectivity index (χ1n) is 5.79. The summed E-state index contributed by atoms with van der Waals surface area (Å²) in [4.78, 5) is 11.0. The van der Waals surface area contributed by atoms with Crippen molar-refractivity contribution < 1.29 is 14.3 Å². The fraction of sp³-hybridized carbons (Fsp3) is 0.500. The first-order chi connectivity index (χ1) is 8.08. The van der Waals surface area contributed by atoms with Crippen molar-refractivity contribution in [1.29, 1.82) is 0 Å². The molecule has 0 radical (unpaired) electrons. The normalized spacial score (nSPS) is 9.00. The van der Waals surface area contributed by atoms with E-state index in [0.29, 0.717) is 6.42 Å². The van der Waals surface area contributed by atoms with Gasteiger partial charge in [-0.2, -0.15) is 0 Å². The zero-order valence-corrected chi connectivity index (χ0v) is 11.4. The molecule has 0 heterocycles. The lowest BCUT2D eigenvalue weighted by molar-refractivity contribution is -0.116. The van der Waals surface area contributed by atoms with Crippen LogP contribution in [0.5, 0.6) is 11.5 Å². The fourth-order valence-electron chi connectivity index (χ4n) is 1.29. The summed E-state index contributed by atoms with van der Waals surface area (Å²) in [5.41, 5.74) is 0.861. The Kier molecular flexibility index (Phi) is 7.85. The molecule has 1 aromatic carbocycles. The highest BCUT2D eigenvalue weighted by atomic mass is 16.5. The zero-order valence-electron chi connectivity index (χ0n) is 11.4. The summed E-state index contributed by atoms with van der Waals surface area (Å²) >= 11 is 0. The van der Waals surface area contributed by atoms with Crippen molar-refractivity contribution in [2.45, 2.75) is 33.6 Å². The lowest BCUT2D eigenvalue weighted by Gasteiger charge is -2.08. The minimum atomic E-state index is 0.108. The molecule has 17 heavy (non-hydrogen) atoms. The number of carbonyl (C=O) groups excluding carboxylic acids is 1. The maximum absolute atomic E-state index is 11.0. The molecule has 0 aliphatic rings. The number of hydrogen-bond donors (Lipinski definition) is 0. The average molecular weight is 238 g/mol. The molecule has 0 unspecified atom stereocenters. The van der Waals surface area contributed by atoms with Gasteiger partial charge >= 0.3 is 0 Å². The van der Waals surface area contributed by atoms with Crippen LogP contribution in [0, 0.1) is 0 Å². The molecule has 1 rings (SSSR count). The molecule has 0 N–H and O–H groups in total. The summed E-state index contributed by atoms with van der Waals surface area (Å²) in [6.45, 7) is 5.80. The summed E-state index contributed by atoms with van der Waals surface area (Å²) in [6, 6.07) is 5.43. The fourth-order valence-corrected chi connectivity index (χ4v) is 1.29. The number of carbonyl (C=O) groups is 1. The van der Waals surface area contributed by atoms with Crippen molar-refractivity contribution in [2.75, 3.05) is 14.2 Å². The van der Waals surface area contributed by atoms with Gasteiger partial charge in [-0.15, -0.1) is 0 Å². The maximum atomic E-state index is 11.0.